The average molecular weight is 530 g/mol. The third kappa shape index (κ3) is 3.16. The van der Waals surface area contributed by atoms with E-state index in [1.165, 1.54) is 0 Å². The van der Waals surface area contributed by atoms with Crippen molar-refractivity contribution in [1.29, 1.82) is 0 Å². The summed E-state index contributed by atoms with van der Waals surface area (Å²) < 4.78 is 0. The van der Waals surface area contributed by atoms with Crippen LogP contribution >= 0.6 is 0 Å². The standard InChI is InChI=1S/C32H27N5O3/c1-18-15-24-20(19(2)34-18)11-8-12-21(24)27-16-33-30(35-27)36-29(38)31(3)17-32(37(39)40)25-13-6-4-9-22(25)28(31)23-10-5-7-14-26(23)32/h4-16,28H,17H2,1-3H3,(H2,33,35,36,38). The molecule has 3 aliphatic rings. The van der Waals surface area contributed by atoms with Crippen LogP contribution in [-0.4, -0.2) is 25.8 Å². The Bertz CT molecular complexity index is 1830. The maximum atomic E-state index is 14.1. The van der Waals surface area contributed by atoms with Gasteiger partial charge in [0.1, 0.15) is 0 Å². The van der Waals surface area contributed by atoms with Crippen LogP contribution in [0.4, 0.5) is 5.95 Å². The molecule has 3 aromatic carbocycles. The number of rotatable bonds is 4. The molecule has 3 aliphatic carbocycles. The Kier molecular flexibility index (Phi) is 5.04. The van der Waals surface area contributed by atoms with Gasteiger partial charge in [0.25, 0.3) is 5.54 Å². The normalized spacial score (nSPS) is 22.5. The predicted octanol–water partition coefficient (Wildman–Crippen LogP) is 6.26. The lowest BCUT2D eigenvalue weighted by Gasteiger charge is -2.52. The van der Waals surface area contributed by atoms with Crippen LogP contribution in [0.5, 0.6) is 0 Å². The van der Waals surface area contributed by atoms with Crippen LogP contribution in [0.25, 0.3) is 22.0 Å². The molecule has 2 heterocycles. The van der Waals surface area contributed by atoms with Gasteiger partial charge in [0.05, 0.1) is 17.3 Å². The minimum absolute atomic E-state index is 0.0555. The van der Waals surface area contributed by atoms with Crippen LogP contribution in [0.3, 0.4) is 0 Å². The average Bonchev–Trinajstić information content (AvgIpc) is 3.41. The molecule has 0 saturated carbocycles. The highest BCUT2D eigenvalue weighted by Gasteiger charge is 2.67. The van der Waals surface area contributed by atoms with Gasteiger partial charge >= 0.3 is 0 Å². The van der Waals surface area contributed by atoms with Crippen molar-refractivity contribution < 1.29 is 9.72 Å². The third-order valence-electron chi connectivity index (χ3n) is 8.82. The van der Waals surface area contributed by atoms with Gasteiger partial charge in [-0.2, -0.15) is 0 Å². The van der Waals surface area contributed by atoms with Crippen molar-refractivity contribution in [2.24, 2.45) is 5.41 Å². The Hall–Kier alpha value is -4.85. The first-order valence-corrected chi connectivity index (χ1v) is 13.3. The van der Waals surface area contributed by atoms with Crippen LogP contribution < -0.4 is 5.32 Å². The lowest BCUT2D eigenvalue weighted by Crippen LogP contribution is -2.57. The molecule has 2 bridgehead atoms. The maximum absolute atomic E-state index is 14.1. The van der Waals surface area contributed by atoms with E-state index < -0.39 is 11.0 Å². The number of pyridine rings is 1. The van der Waals surface area contributed by atoms with Crippen LogP contribution in [0.15, 0.2) is 79.0 Å². The Morgan fingerprint density at radius 3 is 2.35 bits per heavy atom. The van der Waals surface area contributed by atoms with Gasteiger partial charge in [0, 0.05) is 50.7 Å². The van der Waals surface area contributed by atoms with Crippen molar-refractivity contribution in [2.45, 2.75) is 38.6 Å². The molecular weight excluding hydrogens is 502 g/mol. The number of amides is 1. The Labute approximate surface area is 230 Å². The molecule has 0 saturated heterocycles. The fourth-order valence-electron chi connectivity index (χ4n) is 7.16. The summed E-state index contributed by atoms with van der Waals surface area (Å²) in [5.41, 5.74) is 4.01. The van der Waals surface area contributed by atoms with Crippen molar-refractivity contribution in [3.05, 3.63) is 123 Å². The first kappa shape index (κ1) is 24.2. The number of aromatic nitrogens is 3. The van der Waals surface area contributed by atoms with Crippen molar-refractivity contribution in [3.63, 3.8) is 0 Å². The highest BCUT2D eigenvalue weighted by Crippen LogP contribution is 2.64. The molecule has 2 aromatic heterocycles. The molecule has 1 atom stereocenters. The van der Waals surface area contributed by atoms with E-state index in [-0.39, 0.29) is 23.2 Å². The number of hydrogen-bond acceptors (Lipinski definition) is 5. The first-order chi connectivity index (χ1) is 19.2. The van der Waals surface area contributed by atoms with Crippen LogP contribution in [-0.2, 0) is 10.3 Å². The maximum Gasteiger partial charge on any atom is 0.273 e. The third-order valence-corrected chi connectivity index (χ3v) is 8.82. The Morgan fingerprint density at radius 1 is 1.00 bits per heavy atom. The summed E-state index contributed by atoms with van der Waals surface area (Å²) in [4.78, 5) is 39.1. The number of aryl methyl sites for hydroxylation is 2. The molecule has 0 spiro atoms. The number of nitrogens with one attached hydrogen (secondary N) is 2. The van der Waals surface area contributed by atoms with E-state index in [0.29, 0.717) is 17.1 Å². The number of nitrogens with zero attached hydrogens (tertiary/aromatic N) is 3. The number of fused-ring (bicyclic) bond motifs is 2. The zero-order chi connectivity index (χ0) is 27.8. The van der Waals surface area contributed by atoms with E-state index in [4.69, 9.17) is 0 Å². The fraction of sp³-hybridized carbons (Fsp3) is 0.219. The van der Waals surface area contributed by atoms with E-state index in [0.717, 1.165) is 44.5 Å². The highest BCUT2D eigenvalue weighted by molar-refractivity contribution is 5.99. The smallest absolute Gasteiger partial charge is 0.273 e. The zero-order valence-corrected chi connectivity index (χ0v) is 22.4. The molecular formula is C32H27N5O3. The van der Waals surface area contributed by atoms with E-state index in [2.05, 4.69) is 20.3 Å². The second-order valence-electron chi connectivity index (χ2n) is 11.2. The lowest BCUT2D eigenvalue weighted by atomic mass is 9.49. The van der Waals surface area contributed by atoms with Gasteiger partial charge in [-0.15, -0.1) is 0 Å². The minimum atomic E-state index is -1.50. The highest BCUT2D eigenvalue weighted by atomic mass is 16.6. The van der Waals surface area contributed by atoms with Gasteiger partial charge in [-0.25, -0.2) is 4.98 Å². The van der Waals surface area contributed by atoms with E-state index >= 15 is 0 Å². The molecule has 2 N–H and O–H groups in total. The summed E-state index contributed by atoms with van der Waals surface area (Å²) in [6.45, 7) is 5.79. The molecule has 1 unspecified atom stereocenters. The van der Waals surface area contributed by atoms with Gasteiger partial charge in [-0.1, -0.05) is 66.7 Å². The molecule has 1 amide bonds. The number of carbonyl (C=O) groups is 1. The quantitative estimate of drug-likeness (QED) is 0.211. The lowest BCUT2D eigenvalue weighted by molar-refractivity contribution is -0.573. The summed E-state index contributed by atoms with van der Waals surface area (Å²) in [7, 11) is 0. The first-order valence-electron chi connectivity index (χ1n) is 13.3. The van der Waals surface area contributed by atoms with Gasteiger partial charge in [0.15, 0.2) is 0 Å². The summed E-state index contributed by atoms with van der Waals surface area (Å²) >= 11 is 0. The van der Waals surface area contributed by atoms with Crippen molar-refractivity contribution in [2.75, 3.05) is 5.32 Å². The van der Waals surface area contributed by atoms with Gasteiger partial charge < -0.3 is 4.98 Å². The molecule has 198 valence electrons. The van der Waals surface area contributed by atoms with E-state index in [9.17, 15) is 14.9 Å². The predicted molar refractivity (Wildman–Crippen MR) is 153 cm³/mol. The van der Waals surface area contributed by atoms with Crippen molar-refractivity contribution in [1.82, 2.24) is 15.0 Å². The minimum Gasteiger partial charge on any atom is -0.324 e. The number of benzene rings is 3. The van der Waals surface area contributed by atoms with Crippen molar-refractivity contribution >= 4 is 22.6 Å². The second-order valence-corrected chi connectivity index (χ2v) is 11.2. The number of carbonyl (C=O) groups excluding carboxylic acids is 1. The van der Waals surface area contributed by atoms with Gasteiger partial charge in [-0.05, 0) is 43.4 Å². The molecule has 0 aliphatic heterocycles. The Morgan fingerprint density at radius 2 is 1.68 bits per heavy atom. The molecule has 8 nitrogen and oxygen atoms in total. The van der Waals surface area contributed by atoms with Gasteiger partial charge in [0.2, 0.25) is 11.9 Å². The van der Waals surface area contributed by atoms with Crippen LogP contribution in [0.2, 0.25) is 0 Å². The van der Waals surface area contributed by atoms with E-state index in [1.54, 1.807) is 6.20 Å². The zero-order valence-electron chi connectivity index (χ0n) is 22.4. The number of H-pyrrole nitrogens is 1. The molecule has 0 radical (unpaired) electrons. The molecule has 0 fully saturated rings. The molecule has 5 aromatic rings. The SMILES string of the molecule is Cc1cc2c(-c3cnc(NC(=O)C4(C)CC5([N+](=O)[O-])c6ccccc6C4c4ccccc45)[nH]3)cccc2c(C)n1. The number of nitro groups is 1. The van der Waals surface area contributed by atoms with Crippen LogP contribution in [0.1, 0.15) is 52.9 Å². The van der Waals surface area contributed by atoms with Gasteiger partial charge in [-0.3, -0.25) is 25.2 Å². The van der Waals surface area contributed by atoms with E-state index in [1.807, 2.05) is 93.6 Å². The van der Waals surface area contributed by atoms with Crippen molar-refractivity contribution in [3.8, 4) is 11.3 Å². The van der Waals surface area contributed by atoms with Crippen LogP contribution in [0, 0.1) is 29.4 Å². The Balaban J connectivity index is 1.29. The topological polar surface area (TPSA) is 114 Å². The molecule has 8 rings (SSSR count). The molecule has 8 heteroatoms. The summed E-state index contributed by atoms with van der Waals surface area (Å²) in [6.07, 6.45) is 1.76. The monoisotopic (exact) mass is 529 g/mol. The number of aromatic amines is 1. The number of anilines is 1. The molecule has 40 heavy (non-hydrogen) atoms. The largest absolute Gasteiger partial charge is 0.324 e. The summed E-state index contributed by atoms with van der Waals surface area (Å²) in [5.74, 6) is -0.325. The summed E-state index contributed by atoms with van der Waals surface area (Å²) in [6, 6.07) is 23.0. The fourth-order valence-corrected chi connectivity index (χ4v) is 7.16. The second kappa shape index (κ2) is 8.32. The summed E-state index contributed by atoms with van der Waals surface area (Å²) in [5, 5.41) is 18.0. The number of hydrogen-bond donors (Lipinski definition) is 2. The number of imidazole rings is 1.